The quantitative estimate of drug-likeness (QED) is 0.685. The predicted octanol–water partition coefficient (Wildman–Crippen LogP) is 1.96. The van der Waals surface area contributed by atoms with Crippen molar-refractivity contribution in [3.05, 3.63) is 47.3 Å². The first-order valence-electron chi connectivity index (χ1n) is 7.49. The Bertz CT molecular complexity index is 1060. The fourth-order valence-corrected chi connectivity index (χ4v) is 3.89. The number of carbonyl (C=O) groups excluding carboxylic acids is 1. The zero-order chi connectivity index (χ0) is 18.9. The van der Waals surface area contributed by atoms with Crippen molar-refractivity contribution in [2.45, 2.75) is 13.8 Å². The first-order valence-corrected chi connectivity index (χ1v) is 10.2. The molecule has 2 N–H and O–H groups in total. The van der Waals surface area contributed by atoms with Crippen LogP contribution < -0.4 is 10.0 Å². The monoisotopic (exact) mass is 392 g/mol. The third-order valence-corrected chi connectivity index (χ3v) is 4.88. The van der Waals surface area contributed by atoms with Crippen molar-refractivity contribution in [1.29, 1.82) is 0 Å². The van der Waals surface area contributed by atoms with Crippen LogP contribution in [-0.4, -0.2) is 40.6 Å². The second-order valence-electron chi connectivity index (χ2n) is 5.53. The Balaban J connectivity index is 1.84. The third-order valence-electron chi connectivity index (χ3n) is 3.44. The molecule has 0 saturated heterocycles. The smallest absolute Gasteiger partial charge is 0.261 e. The van der Waals surface area contributed by atoms with Gasteiger partial charge in [-0.2, -0.15) is 5.10 Å². The maximum atomic E-state index is 12.6. The van der Waals surface area contributed by atoms with E-state index in [9.17, 15) is 13.2 Å². The highest BCUT2D eigenvalue weighted by atomic mass is 32.2. The SMILES string of the molecule is Cc1nn(-c2ccccc2)c(C)c1C(=O)Nc1nnc(NS(C)(=O)=O)s1. The highest BCUT2D eigenvalue weighted by molar-refractivity contribution is 7.92. The predicted molar refractivity (Wildman–Crippen MR) is 99.4 cm³/mol. The van der Waals surface area contributed by atoms with E-state index >= 15 is 0 Å². The van der Waals surface area contributed by atoms with Crippen LogP contribution in [0.2, 0.25) is 0 Å². The summed E-state index contributed by atoms with van der Waals surface area (Å²) in [7, 11) is -3.45. The first-order chi connectivity index (χ1) is 12.2. The molecule has 3 rings (SSSR count). The van der Waals surface area contributed by atoms with E-state index in [1.165, 1.54) is 0 Å². The number of aryl methyl sites for hydroxylation is 1. The van der Waals surface area contributed by atoms with Crippen LogP contribution in [0.5, 0.6) is 0 Å². The lowest BCUT2D eigenvalue weighted by Crippen LogP contribution is -2.14. The largest absolute Gasteiger partial charge is 0.296 e. The molecule has 9 nitrogen and oxygen atoms in total. The van der Waals surface area contributed by atoms with Gasteiger partial charge in [-0.05, 0) is 26.0 Å². The summed E-state index contributed by atoms with van der Waals surface area (Å²) in [6.07, 6.45) is 1.01. The van der Waals surface area contributed by atoms with Crippen molar-refractivity contribution in [2.24, 2.45) is 0 Å². The Kier molecular flexibility index (Phi) is 4.74. The lowest BCUT2D eigenvalue weighted by Gasteiger charge is -2.05. The molecule has 0 spiro atoms. The number of nitrogens with one attached hydrogen (secondary N) is 2. The van der Waals surface area contributed by atoms with Crippen LogP contribution in [0.15, 0.2) is 30.3 Å². The first kappa shape index (κ1) is 18.0. The van der Waals surface area contributed by atoms with Crippen LogP contribution >= 0.6 is 11.3 Å². The van der Waals surface area contributed by atoms with Crippen LogP contribution in [0.25, 0.3) is 5.69 Å². The average molecular weight is 392 g/mol. The van der Waals surface area contributed by atoms with Crippen molar-refractivity contribution in [2.75, 3.05) is 16.3 Å². The molecule has 11 heteroatoms. The molecule has 2 aromatic heterocycles. The molecule has 0 radical (unpaired) electrons. The molecule has 26 heavy (non-hydrogen) atoms. The minimum Gasteiger partial charge on any atom is -0.296 e. The standard InChI is InChI=1S/C15H16N6O3S2/c1-9-12(10(2)21(19-9)11-7-5-4-6-8-11)13(22)16-14-17-18-15(25-14)20-26(3,23)24/h4-8H,1-3H3,(H,18,20)(H,16,17,22). The number of amides is 1. The fourth-order valence-electron chi connectivity index (χ4n) is 2.43. The number of benzene rings is 1. The number of para-hydroxylation sites is 1. The number of nitrogens with zero attached hydrogens (tertiary/aromatic N) is 4. The van der Waals surface area contributed by atoms with Gasteiger partial charge in [0.15, 0.2) is 0 Å². The van der Waals surface area contributed by atoms with Gasteiger partial charge in [0.25, 0.3) is 5.91 Å². The van der Waals surface area contributed by atoms with Gasteiger partial charge in [0.05, 0.1) is 28.9 Å². The van der Waals surface area contributed by atoms with Gasteiger partial charge >= 0.3 is 0 Å². The molecule has 136 valence electrons. The number of hydrogen-bond donors (Lipinski definition) is 2. The molecule has 0 aliphatic carbocycles. The zero-order valence-corrected chi connectivity index (χ0v) is 15.8. The maximum absolute atomic E-state index is 12.6. The minimum atomic E-state index is -3.45. The second kappa shape index (κ2) is 6.84. The highest BCUT2D eigenvalue weighted by Gasteiger charge is 2.21. The van der Waals surface area contributed by atoms with Gasteiger partial charge in [-0.25, -0.2) is 13.1 Å². The lowest BCUT2D eigenvalue weighted by molar-refractivity contribution is 0.102. The number of sulfonamides is 1. The minimum absolute atomic E-state index is 0.0798. The van der Waals surface area contributed by atoms with Crippen LogP contribution in [0, 0.1) is 13.8 Å². The van der Waals surface area contributed by atoms with Crippen LogP contribution in [-0.2, 0) is 10.0 Å². The molecule has 3 aromatic rings. The van der Waals surface area contributed by atoms with Crippen LogP contribution in [0.3, 0.4) is 0 Å². The summed E-state index contributed by atoms with van der Waals surface area (Å²) in [6, 6.07) is 9.48. The number of rotatable bonds is 5. The summed E-state index contributed by atoms with van der Waals surface area (Å²) in [5.74, 6) is -0.385. The molecule has 0 unspecified atom stereocenters. The molecular weight excluding hydrogens is 376 g/mol. The summed E-state index contributed by atoms with van der Waals surface area (Å²) in [6.45, 7) is 3.55. The van der Waals surface area contributed by atoms with Crippen molar-refractivity contribution in [3.63, 3.8) is 0 Å². The van der Waals surface area contributed by atoms with Crippen molar-refractivity contribution in [1.82, 2.24) is 20.0 Å². The molecule has 1 amide bonds. The number of aromatic nitrogens is 4. The Morgan fingerprint density at radius 2 is 1.77 bits per heavy atom. The Labute approximate surface area is 154 Å². The molecule has 0 fully saturated rings. The molecule has 0 bridgehead atoms. The van der Waals surface area contributed by atoms with Crippen molar-refractivity contribution >= 4 is 37.5 Å². The average Bonchev–Trinajstić information content (AvgIpc) is 3.10. The van der Waals surface area contributed by atoms with Gasteiger partial charge in [-0.15, -0.1) is 10.2 Å². The van der Waals surface area contributed by atoms with Crippen LogP contribution in [0.1, 0.15) is 21.7 Å². The van der Waals surface area contributed by atoms with E-state index in [1.807, 2.05) is 30.3 Å². The summed E-state index contributed by atoms with van der Waals surface area (Å²) < 4.78 is 26.3. The number of anilines is 2. The summed E-state index contributed by atoms with van der Waals surface area (Å²) >= 11 is 0.926. The van der Waals surface area contributed by atoms with E-state index in [-0.39, 0.29) is 16.2 Å². The van der Waals surface area contributed by atoms with E-state index in [4.69, 9.17) is 0 Å². The third kappa shape index (κ3) is 3.89. The number of carbonyl (C=O) groups is 1. The highest BCUT2D eigenvalue weighted by Crippen LogP contribution is 2.23. The molecule has 0 aliphatic heterocycles. The summed E-state index contributed by atoms with van der Waals surface area (Å²) in [5, 5.41) is 14.8. The van der Waals surface area contributed by atoms with Crippen LogP contribution in [0.4, 0.5) is 10.3 Å². The van der Waals surface area contributed by atoms with E-state index in [0.717, 1.165) is 23.3 Å². The lowest BCUT2D eigenvalue weighted by atomic mass is 10.2. The molecule has 0 aliphatic rings. The van der Waals surface area contributed by atoms with Gasteiger partial charge < -0.3 is 0 Å². The second-order valence-corrected chi connectivity index (χ2v) is 8.26. The van der Waals surface area contributed by atoms with E-state index in [2.05, 4.69) is 25.3 Å². The normalized spacial score (nSPS) is 11.3. The zero-order valence-electron chi connectivity index (χ0n) is 14.2. The Morgan fingerprint density at radius 1 is 1.12 bits per heavy atom. The van der Waals surface area contributed by atoms with Gasteiger partial charge in [-0.1, -0.05) is 29.5 Å². The fraction of sp³-hybridized carbons (Fsp3) is 0.200. The number of hydrogen-bond acceptors (Lipinski definition) is 7. The van der Waals surface area contributed by atoms with Gasteiger partial charge in [0.1, 0.15) is 0 Å². The van der Waals surface area contributed by atoms with E-state index in [1.54, 1.807) is 18.5 Å². The van der Waals surface area contributed by atoms with Gasteiger partial charge in [-0.3, -0.25) is 14.8 Å². The molecule has 0 atom stereocenters. The Hall–Kier alpha value is -2.79. The molecular formula is C15H16N6O3S2. The van der Waals surface area contributed by atoms with Crippen molar-refractivity contribution < 1.29 is 13.2 Å². The van der Waals surface area contributed by atoms with Gasteiger partial charge in [0.2, 0.25) is 20.3 Å². The van der Waals surface area contributed by atoms with E-state index < -0.39 is 10.0 Å². The van der Waals surface area contributed by atoms with Gasteiger partial charge in [0, 0.05) is 0 Å². The molecule has 0 saturated carbocycles. The topological polar surface area (TPSA) is 119 Å². The maximum Gasteiger partial charge on any atom is 0.261 e. The van der Waals surface area contributed by atoms with Crippen molar-refractivity contribution in [3.8, 4) is 5.69 Å². The molecule has 2 heterocycles. The van der Waals surface area contributed by atoms with E-state index in [0.29, 0.717) is 17.0 Å². The summed E-state index contributed by atoms with van der Waals surface area (Å²) in [5.41, 5.74) is 2.54. The molecule has 1 aromatic carbocycles. The Morgan fingerprint density at radius 3 is 2.42 bits per heavy atom. The summed E-state index contributed by atoms with van der Waals surface area (Å²) in [4.78, 5) is 12.6.